The summed E-state index contributed by atoms with van der Waals surface area (Å²) in [5.41, 5.74) is 6.73. The number of benzene rings is 2. The van der Waals surface area contributed by atoms with Gasteiger partial charge in [-0.1, -0.05) is 24.3 Å². The zero-order valence-electron chi connectivity index (χ0n) is 8.88. The van der Waals surface area contributed by atoms with Crippen LogP contribution >= 0.6 is 15.9 Å². The van der Waals surface area contributed by atoms with E-state index in [4.69, 9.17) is 5.73 Å². The minimum Gasteiger partial charge on any atom is -0.326 e. The van der Waals surface area contributed by atoms with Crippen molar-refractivity contribution in [3.63, 3.8) is 0 Å². The summed E-state index contributed by atoms with van der Waals surface area (Å²) in [7, 11) is 0. The number of hydrogen-bond donors (Lipinski definition) is 1. The van der Waals surface area contributed by atoms with Crippen LogP contribution in [0.15, 0.2) is 40.9 Å². The molecule has 0 aliphatic carbocycles. The van der Waals surface area contributed by atoms with Gasteiger partial charge in [0.2, 0.25) is 0 Å². The van der Waals surface area contributed by atoms with Gasteiger partial charge >= 0.3 is 0 Å². The Bertz CT molecular complexity index is 555. The lowest BCUT2D eigenvalue weighted by Gasteiger charge is -2.10. The first kappa shape index (κ1) is 12.2. The van der Waals surface area contributed by atoms with Gasteiger partial charge in [0.05, 0.1) is 10.0 Å². The van der Waals surface area contributed by atoms with Crippen molar-refractivity contribution in [3.8, 4) is 11.1 Å². The predicted molar refractivity (Wildman–Crippen MR) is 67.4 cm³/mol. The van der Waals surface area contributed by atoms with Gasteiger partial charge < -0.3 is 5.73 Å². The molecular weight excluding hydrogens is 288 g/mol. The lowest BCUT2D eigenvalue weighted by molar-refractivity contribution is 0.585. The molecule has 0 spiro atoms. The monoisotopic (exact) mass is 297 g/mol. The van der Waals surface area contributed by atoms with Crippen LogP contribution in [0.1, 0.15) is 5.56 Å². The Labute approximate surface area is 106 Å². The van der Waals surface area contributed by atoms with Crippen LogP contribution in [0.4, 0.5) is 8.78 Å². The molecule has 0 heterocycles. The molecule has 1 nitrogen and oxygen atoms in total. The maximum atomic E-state index is 13.9. The van der Waals surface area contributed by atoms with Crippen molar-refractivity contribution in [2.45, 2.75) is 6.54 Å². The molecule has 2 N–H and O–H groups in total. The van der Waals surface area contributed by atoms with Crippen molar-refractivity contribution in [3.05, 3.63) is 58.1 Å². The van der Waals surface area contributed by atoms with Crippen LogP contribution in [0, 0.1) is 11.6 Å². The SMILES string of the molecule is NCc1ccccc1-c1c(F)ccc(Br)c1F. The predicted octanol–water partition coefficient (Wildman–Crippen LogP) is 3.85. The fraction of sp³-hybridized carbons (Fsp3) is 0.0769. The molecule has 0 radical (unpaired) electrons. The Balaban J connectivity index is 2.72. The van der Waals surface area contributed by atoms with Gasteiger partial charge in [0.25, 0.3) is 0 Å². The van der Waals surface area contributed by atoms with E-state index in [1.807, 2.05) is 0 Å². The Morgan fingerprint density at radius 2 is 1.76 bits per heavy atom. The molecule has 0 aliphatic heterocycles. The summed E-state index contributed by atoms with van der Waals surface area (Å²) in [5.74, 6) is -1.20. The van der Waals surface area contributed by atoms with E-state index in [-0.39, 0.29) is 16.6 Å². The van der Waals surface area contributed by atoms with Crippen molar-refractivity contribution in [1.82, 2.24) is 0 Å². The molecule has 0 saturated carbocycles. The highest BCUT2D eigenvalue weighted by Gasteiger charge is 2.16. The van der Waals surface area contributed by atoms with Crippen molar-refractivity contribution in [1.29, 1.82) is 0 Å². The maximum absolute atomic E-state index is 13.9. The summed E-state index contributed by atoms with van der Waals surface area (Å²) >= 11 is 3.05. The summed E-state index contributed by atoms with van der Waals surface area (Å²) in [6.07, 6.45) is 0. The van der Waals surface area contributed by atoms with Crippen LogP contribution in [0.3, 0.4) is 0 Å². The maximum Gasteiger partial charge on any atom is 0.148 e. The first-order chi connectivity index (χ1) is 8.15. The van der Waals surface area contributed by atoms with E-state index in [9.17, 15) is 8.78 Å². The smallest absolute Gasteiger partial charge is 0.148 e. The van der Waals surface area contributed by atoms with Gasteiger partial charge in [-0.3, -0.25) is 0 Å². The van der Waals surface area contributed by atoms with Gasteiger partial charge in [0.1, 0.15) is 11.6 Å². The average molecular weight is 298 g/mol. The Kier molecular flexibility index (Phi) is 3.54. The van der Waals surface area contributed by atoms with Gasteiger partial charge in [-0.25, -0.2) is 8.78 Å². The first-order valence-electron chi connectivity index (χ1n) is 5.07. The van der Waals surface area contributed by atoms with Crippen LogP contribution < -0.4 is 5.73 Å². The normalized spacial score (nSPS) is 10.6. The average Bonchev–Trinajstić information content (AvgIpc) is 2.35. The van der Waals surface area contributed by atoms with Gasteiger partial charge in [-0.05, 0) is 39.2 Å². The summed E-state index contributed by atoms with van der Waals surface area (Å²) in [6, 6.07) is 9.52. The molecule has 0 amide bonds. The molecule has 2 aromatic rings. The zero-order valence-corrected chi connectivity index (χ0v) is 10.5. The highest BCUT2D eigenvalue weighted by Crippen LogP contribution is 2.32. The van der Waals surface area contributed by atoms with Crippen molar-refractivity contribution in [2.24, 2.45) is 5.73 Å². The molecule has 88 valence electrons. The quantitative estimate of drug-likeness (QED) is 0.837. The third-order valence-electron chi connectivity index (χ3n) is 2.55. The van der Waals surface area contributed by atoms with E-state index in [2.05, 4.69) is 15.9 Å². The number of nitrogens with two attached hydrogens (primary N) is 1. The minimum atomic E-state index is -0.606. The fourth-order valence-corrected chi connectivity index (χ4v) is 2.05. The molecular formula is C13H10BrF2N. The number of rotatable bonds is 2. The van der Waals surface area contributed by atoms with Crippen molar-refractivity contribution in [2.75, 3.05) is 0 Å². The van der Waals surface area contributed by atoms with Crippen LogP contribution in [0.2, 0.25) is 0 Å². The van der Waals surface area contributed by atoms with Gasteiger partial charge in [-0.2, -0.15) is 0 Å². The van der Waals surface area contributed by atoms with E-state index in [1.54, 1.807) is 24.3 Å². The number of hydrogen-bond acceptors (Lipinski definition) is 1. The molecule has 0 unspecified atom stereocenters. The molecule has 0 saturated heterocycles. The Morgan fingerprint density at radius 1 is 1.06 bits per heavy atom. The third-order valence-corrected chi connectivity index (χ3v) is 3.16. The van der Waals surface area contributed by atoms with E-state index in [0.717, 1.165) is 0 Å². The summed E-state index contributed by atoms with van der Waals surface area (Å²) < 4.78 is 27.9. The lowest BCUT2D eigenvalue weighted by Crippen LogP contribution is -2.01. The molecule has 0 atom stereocenters. The Hall–Kier alpha value is -1.26. The summed E-state index contributed by atoms with van der Waals surface area (Å²) in [5, 5.41) is 0. The van der Waals surface area contributed by atoms with Gasteiger partial charge in [0, 0.05) is 6.54 Å². The van der Waals surface area contributed by atoms with E-state index in [0.29, 0.717) is 11.1 Å². The molecule has 4 heteroatoms. The lowest BCUT2D eigenvalue weighted by atomic mass is 9.99. The molecule has 2 aromatic carbocycles. The molecule has 0 aromatic heterocycles. The van der Waals surface area contributed by atoms with Crippen molar-refractivity contribution >= 4 is 15.9 Å². The second-order valence-electron chi connectivity index (χ2n) is 3.58. The molecule has 0 aliphatic rings. The van der Waals surface area contributed by atoms with E-state index < -0.39 is 11.6 Å². The molecule has 0 bridgehead atoms. The van der Waals surface area contributed by atoms with Gasteiger partial charge in [-0.15, -0.1) is 0 Å². The molecule has 0 fully saturated rings. The Morgan fingerprint density at radius 3 is 2.47 bits per heavy atom. The molecule has 17 heavy (non-hydrogen) atoms. The zero-order chi connectivity index (χ0) is 12.4. The highest BCUT2D eigenvalue weighted by atomic mass is 79.9. The molecule has 2 rings (SSSR count). The minimum absolute atomic E-state index is 0.0413. The van der Waals surface area contributed by atoms with Crippen LogP contribution in [-0.2, 0) is 6.54 Å². The summed E-state index contributed by atoms with van der Waals surface area (Å²) in [6.45, 7) is 0.238. The van der Waals surface area contributed by atoms with E-state index in [1.165, 1.54) is 12.1 Å². The number of halogens is 3. The largest absolute Gasteiger partial charge is 0.326 e. The van der Waals surface area contributed by atoms with Gasteiger partial charge in [0.15, 0.2) is 0 Å². The van der Waals surface area contributed by atoms with E-state index >= 15 is 0 Å². The standard InChI is InChI=1S/C13H10BrF2N/c14-10-5-6-11(15)12(13(10)16)9-4-2-1-3-8(9)7-17/h1-6H,7,17H2. The second-order valence-corrected chi connectivity index (χ2v) is 4.43. The van der Waals surface area contributed by atoms with Crippen molar-refractivity contribution < 1.29 is 8.78 Å². The van der Waals surface area contributed by atoms with Crippen LogP contribution in [0.25, 0.3) is 11.1 Å². The van der Waals surface area contributed by atoms with Crippen LogP contribution in [-0.4, -0.2) is 0 Å². The fourth-order valence-electron chi connectivity index (χ4n) is 1.72. The first-order valence-corrected chi connectivity index (χ1v) is 5.86. The second kappa shape index (κ2) is 4.94. The topological polar surface area (TPSA) is 26.0 Å². The highest BCUT2D eigenvalue weighted by molar-refractivity contribution is 9.10. The van der Waals surface area contributed by atoms with Crippen LogP contribution in [0.5, 0.6) is 0 Å². The summed E-state index contributed by atoms with van der Waals surface area (Å²) in [4.78, 5) is 0. The third kappa shape index (κ3) is 2.23.